The van der Waals surface area contributed by atoms with E-state index in [1.807, 2.05) is 11.8 Å². The molecule has 0 aliphatic carbocycles. The van der Waals surface area contributed by atoms with E-state index in [0.717, 1.165) is 32.5 Å². The molecule has 1 saturated heterocycles. The summed E-state index contributed by atoms with van der Waals surface area (Å²) >= 11 is 0. The Morgan fingerprint density at radius 3 is 1.82 bits per heavy atom. The number of amides is 1. The largest absolute Gasteiger partial charge is 0.343 e. The lowest BCUT2D eigenvalue weighted by Gasteiger charge is -2.28. The lowest BCUT2D eigenvalue weighted by molar-refractivity contribution is -0.127. The number of rotatable bonds is 4. The van der Waals surface area contributed by atoms with Crippen LogP contribution in [-0.2, 0) is 4.79 Å². The fourth-order valence-corrected chi connectivity index (χ4v) is 2.37. The first-order chi connectivity index (χ1) is 7.93. The zero-order valence-electron chi connectivity index (χ0n) is 12.5. The molecule has 1 amide bonds. The van der Waals surface area contributed by atoms with Gasteiger partial charge in [0.1, 0.15) is 0 Å². The SMILES string of the molecule is CCN(C(C)C)C(C)C.CCN1CCCC1=O. The van der Waals surface area contributed by atoms with Gasteiger partial charge in [0.2, 0.25) is 5.91 Å². The summed E-state index contributed by atoms with van der Waals surface area (Å²) in [6.07, 6.45) is 1.83. The highest BCUT2D eigenvalue weighted by atomic mass is 16.2. The van der Waals surface area contributed by atoms with Crippen molar-refractivity contribution in [2.45, 2.75) is 66.5 Å². The first kappa shape index (κ1) is 16.4. The molecule has 102 valence electrons. The molecule has 0 saturated carbocycles. The van der Waals surface area contributed by atoms with Crippen molar-refractivity contribution in [3.63, 3.8) is 0 Å². The predicted molar refractivity (Wildman–Crippen MR) is 74.1 cm³/mol. The van der Waals surface area contributed by atoms with E-state index in [1.165, 1.54) is 0 Å². The molecule has 0 radical (unpaired) electrons. The van der Waals surface area contributed by atoms with Crippen molar-refractivity contribution < 1.29 is 4.79 Å². The lowest BCUT2D eigenvalue weighted by Crippen LogP contribution is -2.36. The molecule has 3 heteroatoms. The number of hydrogen-bond donors (Lipinski definition) is 0. The highest BCUT2D eigenvalue weighted by Gasteiger charge is 2.16. The summed E-state index contributed by atoms with van der Waals surface area (Å²) in [4.78, 5) is 15.1. The highest BCUT2D eigenvalue weighted by Crippen LogP contribution is 2.07. The zero-order chi connectivity index (χ0) is 13.4. The molecular formula is C14H30N2O. The summed E-state index contributed by atoms with van der Waals surface area (Å²) in [7, 11) is 0. The number of carbonyl (C=O) groups is 1. The molecule has 0 aromatic heterocycles. The van der Waals surface area contributed by atoms with Gasteiger partial charge in [-0.2, -0.15) is 0 Å². The molecule has 1 rings (SSSR count). The van der Waals surface area contributed by atoms with Crippen molar-refractivity contribution in [3.8, 4) is 0 Å². The van der Waals surface area contributed by atoms with E-state index in [2.05, 4.69) is 39.5 Å². The standard InChI is InChI=1S/C8H19N.C6H11NO/c1-6-9(7(2)3)8(4)5;1-2-7-5-3-4-6(7)8/h7-8H,6H2,1-5H3;2-5H2,1H3. The molecule has 0 aromatic carbocycles. The smallest absolute Gasteiger partial charge is 0.222 e. The maximum absolute atomic E-state index is 10.7. The molecule has 1 fully saturated rings. The Hall–Kier alpha value is -0.570. The van der Waals surface area contributed by atoms with E-state index in [4.69, 9.17) is 0 Å². The fraction of sp³-hybridized carbons (Fsp3) is 0.929. The number of hydrogen-bond acceptors (Lipinski definition) is 2. The van der Waals surface area contributed by atoms with Crippen LogP contribution in [0.5, 0.6) is 0 Å². The van der Waals surface area contributed by atoms with E-state index in [1.54, 1.807) is 0 Å². The molecule has 0 aromatic rings. The van der Waals surface area contributed by atoms with Gasteiger partial charge in [0.05, 0.1) is 0 Å². The number of likely N-dealkylation sites (tertiary alicyclic amines) is 1. The van der Waals surface area contributed by atoms with Gasteiger partial charge in [0, 0.05) is 31.6 Å². The van der Waals surface area contributed by atoms with Crippen LogP contribution in [0.25, 0.3) is 0 Å². The topological polar surface area (TPSA) is 23.6 Å². The summed E-state index contributed by atoms with van der Waals surface area (Å²) in [6, 6.07) is 1.38. The van der Waals surface area contributed by atoms with Gasteiger partial charge in [0.25, 0.3) is 0 Å². The summed E-state index contributed by atoms with van der Waals surface area (Å²) in [6.45, 7) is 16.2. The minimum Gasteiger partial charge on any atom is -0.343 e. The average Bonchev–Trinajstić information content (AvgIpc) is 2.64. The van der Waals surface area contributed by atoms with Crippen LogP contribution in [0, 0.1) is 0 Å². The van der Waals surface area contributed by atoms with Crippen LogP contribution >= 0.6 is 0 Å². The van der Waals surface area contributed by atoms with Crippen LogP contribution in [0.15, 0.2) is 0 Å². The summed E-state index contributed by atoms with van der Waals surface area (Å²) in [5, 5.41) is 0. The molecule has 1 aliphatic rings. The molecule has 1 aliphatic heterocycles. The van der Waals surface area contributed by atoms with Crippen LogP contribution in [0.1, 0.15) is 54.4 Å². The molecule has 3 nitrogen and oxygen atoms in total. The third-order valence-corrected chi connectivity index (χ3v) is 3.24. The summed E-state index contributed by atoms with van der Waals surface area (Å²) in [5.41, 5.74) is 0. The van der Waals surface area contributed by atoms with Gasteiger partial charge in [-0.25, -0.2) is 0 Å². The van der Waals surface area contributed by atoms with E-state index >= 15 is 0 Å². The normalized spacial score (nSPS) is 15.8. The minimum absolute atomic E-state index is 0.326. The lowest BCUT2D eigenvalue weighted by atomic mass is 10.2. The van der Waals surface area contributed by atoms with Crippen LogP contribution < -0.4 is 0 Å². The summed E-state index contributed by atoms with van der Waals surface area (Å²) < 4.78 is 0. The van der Waals surface area contributed by atoms with Crippen molar-refractivity contribution in [2.75, 3.05) is 19.6 Å². The predicted octanol–water partition coefficient (Wildman–Crippen LogP) is 2.75. The maximum atomic E-state index is 10.7. The molecule has 1 heterocycles. The Bertz CT molecular complexity index is 206. The number of nitrogens with zero attached hydrogens (tertiary/aromatic N) is 2. The van der Waals surface area contributed by atoms with Gasteiger partial charge >= 0.3 is 0 Å². The van der Waals surface area contributed by atoms with Gasteiger partial charge < -0.3 is 4.90 Å². The molecule has 17 heavy (non-hydrogen) atoms. The third-order valence-electron chi connectivity index (χ3n) is 3.24. The molecule has 0 spiro atoms. The quantitative estimate of drug-likeness (QED) is 0.757. The fourth-order valence-electron chi connectivity index (χ4n) is 2.37. The molecule has 0 unspecified atom stereocenters. The Kier molecular flexibility index (Phi) is 8.23. The first-order valence-corrected chi connectivity index (χ1v) is 6.97. The zero-order valence-corrected chi connectivity index (χ0v) is 12.5. The van der Waals surface area contributed by atoms with Crippen molar-refractivity contribution in [3.05, 3.63) is 0 Å². The first-order valence-electron chi connectivity index (χ1n) is 6.97. The van der Waals surface area contributed by atoms with Gasteiger partial charge in [0.15, 0.2) is 0 Å². The Labute approximate surface area is 107 Å². The summed E-state index contributed by atoms with van der Waals surface area (Å²) in [5.74, 6) is 0.326. The van der Waals surface area contributed by atoms with Crippen molar-refractivity contribution >= 4 is 5.91 Å². The Balaban J connectivity index is 0.000000302. The molecule has 0 N–H and O–H groups in total. The molecule has 0 atom stereocenters. The van der Waals surface area contributed by atoms with E-state index in [0.29, 0.717) is 18.0 Å². The van der Waals surface area contributed by atoms with Crippen LogP contribution in [0.3, 0.4) is 0 Å². The van der Waals surface area contributed by atoms with Gasteiger partial charge in [-0.05, 0) is 47.6 Å². The van der Waals surface area contributed by atoms with E-state index in [-0.39, 0.29) is 0 Å². The van der Waals surface area contributed by atoms with Crippen molar-refractivity contribution in [2.24, 2.45) is 0 Å². The molecular weight excluding hydrogens is 212 g/mol. The third kappa shape index (κ3) is 6.06. The van der Waals surface area contributed by atoms with Crippen molar-refractivity contribution in [1.82, 2.24) is 9.80 Å². The highest BCUT2D eigenvalue weighted by molar-refractivity contribution is 5.77. The second-order valence-corrected chi connectivity index (χ2v) is 5.09. The monoisotopic (exact) mass is 242 g/mol. The second kappa shape index (κ2) is 8.51. The average molecular weight is 242 g/mol. The van der Waals surface area contributed by atoms with Crippen LogP contribution in [0.2, 0.25) is 0 Å². The van der Waals surface area contributed by atoms with Gasteiger partial charge in [-0.1, -0.05) is 6.92 Å². The van der Waals surface area contributed by atoms with E-state index in [9.17, 15) is 4.79 Å². The van der Waals surface area contributed by atoms with Gasteiger partial charge in [-0.15, -0.1) is 0 Å². The Morgan fingerprint density at radius 2 is 1.71 bits per heavy atom. The van der Waals surface area contributed by atoms with Crippen molar-refractivity contribution in [1.29, 1.82) is 0 Å². The second-order valence-electron chi connectivity index (χ2n) is 5.09. The van der Waals surface area contributed by atoms with Crippen LogP contribution in [0.4, 0.5) is 0 Å². The molecule has 0 bridgehead atoms. The minimum atomic E-state index is 0.326. The van der Waals surface area contributed by atoms with E-state index < -0.39 is 0 Å². The maximum Gasteiger partial charge on any atom is 0.222 e. The van der Waals surface area contributed by atoms with Gasteiger partial charge in [-0.3, -0.25) is 9.69 Å². The number of carbonyl (C=O) groups excluding carboxylic acids is 1. The van der Waals surface area contributed by atoms with Crippen LogP contribution in [-0.4, -0.2) is 47.4 Å². The Morgan fingerprint density at radius 1 is 1.18 bits per heavy atom.